The molecule has 1 aliphatic rings. The summed E-state index contributed by atoms with van der Waals surface area (Å²) >= 11 is 0. The molecule has 2 aromatic heterocycles. The van der Waals surface area contributed by atoms with Gasteiger partial charge in [-0.2, -0.15) is 5.10 Å². The number of hydrogen-bond acceptors (Lipinski definition) is 5. The molecule has 0 spiro atoms. The van der Waals surface area contributed by atoms with Crippen LogP contribution in [0.3, 0.4) is 0 Å². The molecule has 1 saturated heterocycles. The molecule has 1 amide bonds. The highest BCUT2D eigenvalue weighted by Gasteiger charge is 2.41. The first-order valence-electron chi connectivity index (χ1n) is 9.57. The molecule has 1 aliphatic heterocycles. The largest absolute Gasteiger partial charge is 0.381 e. The number of halogens is 1. The van der Waals surface area contributed by atoms with E-state index in [1.54, 1.807) is 16.8 Å². The van der Waals surface area contributed by atoms with Crippen LogP contribution in [0.15, 0.2) is 40.9 Å². The minimum absolute atomic E-state index is 0.0985. The highest BCUT2D eigenvalue weighted by atomic mass is 19.1. The van der Waals surface area contributed by atoms with Crippen molar-refractivity contribution in [3.63, 3.8) is 0 Å². The summed E-state index contributed by atoms with van der Waals surface area (Å²) in [5.74, 6) is 0.739. The molecule has 0 atom stereocenters. The number of carbonyl (C=O) groups is 1. The SMILES string of the molecule is Cc1cc(NC(=O)C2(Cc3cc(-c4ccc(F)cc4)no3)CCOCC2)nn1C. The molecule has 0 aliphatic carbocycles. The summed E-state index contributed by atoms with van der Waals surface area (Å²) in [7, 11) is 1.83. The summed E-state index contributed by atoms with van der Waals surface area (Å²) in [6, 6.07) is 9.71. The van der Waals surface area contributed by atoms with Crippen LogP contribution in [-0.4, -0.2) is 34.1 Å². The van der Waals surface area contributed by atoms with Crippen molar-refractivity contribution in [3.05, 3.63) is 53.7 Å². The van der Waals surface area contributed by atoms with Crippen LogP contribution in [0.1, 0.15) is 24.3 Å². The Bertz CT molecular complexity index is 984. The Hall–Kier alpha value is -3.00. The molecule has 1 aromatic carbocycles. The molecule has 8 heteroatoms. The number of aromatic nitrogens is 3. The predicted octanol–water partition coefficient (Wildman–Crippen LogP) is 3.50. The standard InChI is InChI=1S/C21H23FN4O3/c1-14-11-19(24-26(14)2)23-20(27)21(7-9-28-10-8-21)13-17-12-18(25-29-17)15-3-5-16(22)6-4-15/h3-6,11-12H,7-10,13H2,1-2H3,(H,23,24,27). The quantitative estimate of drug-likeness (QED) is 0.711. The first kappa shape index (κ1) is 19.3. The van der Waals surface area contributed by atoms with E-state index in [-0.39, 0.29) is 11.7 Å². The summed E-state index contributed by atoms with van der Waals surface area (Å²) in [6.45, 7) is 2.94. The Morgan fingerprint density at radius 1 is 1.24 bits per heavy atom. The van der Waals surface area contributed by atoms with Crippen molar-refractivity contribution >= 4 is 11.7 Å². The molecule has 3 heterocycles. The van der Waals surface area contributed by atoms with Crippen molar-refractivity contribution < 1.29 is 18.4 Å². The molecular weight excluding hydrogens is 375 g/mol. The van der Waals surface area contributed by atoms with Gasteiger partial charge >= 0.3 is 0 Å². The highest BCUT2D eigenvalue weighted by Crippen LogP contribution is 2.36. The summed E-state index contributed by atoms with van der Waals surface area (Å²) in [4.78, 5) is 13.2. The third-order valence-electron chi connectivity index (χ3n) is 5.50. The Labute approximate surface area is 167 Å². The Kier molecular flexibility index (Phi) is 5.19. The monoisotopic (exact) mass is 398 g/mol. The molecule has 3 aromatic rings. The minimum Gasteiger partial charge on any atom is -0.381 e. The first-order chi connectivity index (χ1) is 13.9. The third kappa shape index (κ3) is 4.07. The van der Waals surface area contributed by atoms with E-state index < -0.39 is 5.41 Å². The van der Waals surface area contributed by atoms with Crippen LogP contribution in [0.2, 0.25) is 0 Å². The van der Waals surface area contributed by atoms with Gasteiger partial charge in [-0.1, -0.05) is 5.16 Å². The molecule has 0 bridgehead atoms. The number of anilines is 1. The Morgan fingerprint density at radius 3 is 2.62 bits per heavy atom. The van der Waals surface area contributed by atoms with Crippen LogP contribution >= 0.6 is 0 Å². The van der Waals surface area contributed by atoms with Gasteiger partial charge < -0.3 is 14.6 Å². The third-order valence-corrected chi connectivity index (χ3v) is 5.50. The van der Waals surface area contributed by atoms with Crippen molar-refractivity contribution in [1.82, 2.24) is 14.9 Å². The lowest BCUT2D eigenvalue weighted by molar-refractivity contribution is -0.131. The molecule has 1 N–H and O–H groups in total. The second-order valence-corrected chi connectivity index (χ2v) is 7.50. The van der Waals surface area contributed by atoms with Crippen LogP contribution in [0.4, 0.5) is 10.2 Å². The number of carbonyl (C=O) groups excluding carboxylic acids is 1. The van der Waals surface area contributed by atoms with Gasteiger partial charge in [-0.3, -0.25) is 9.48 Å². The summed E-state index contributed by atoms with van der Waals surface area (Å²) in [5.41, 5.74) is 1.67. The van der Waals surface area contributed by atoms with E-state index in [0.29, 0.717) is 49.7 Å². The van der Waals surface area contributed by atoms with Crippen LogP contribution < -0.4 is 5.32 Å². The lowest BCUT2D eigenvalue weighted by Crippen LogP contribution is -2.42. The second kappa shape index (κ2) is 7.79. The minimum atomic E-state index is -0.663. The van der Waals surface area contributed by atoms with Gasteiger partial charge in [-0.05, 0) is 44.0 Å². The van der Waals surface area contributed by atoms with Gasteiger partial charge in [0.1, 0.15) is 17.3 Å². The lowest BCUT2D eigenvalue weighted by Gasteiger charge is -2.34. The van der Waals surface area contributed by atoms with Crippen LogP contribution in [0.25, 0.3) is 11.3 Å². The number of rotatable bonds is 5. The van der Waals surface area contributed by atoms with Crippen LogP contribution in [-0.2, 0) is 23.0 Å². The average molecular weight is 398 g/mol. The number of hydrogen-bond donors (Lipinski definition) is 1. The van der Waals surface area contributed by atoms with Gasteiger partial charge in [0.05, 0.1) is 5.41 Å². The maximum Gasteiger partial charge on any atom is 0.232 e. The van der Waals surface area contributed by atoms with Crippen molar-refractivity contribution in [2.75, 3.05) is 18.5 Å². The number of benzene rings is 1. The normalized spacial score (nSPS) is 16.0. The van der Waals surface area contributed by atoms with Crippen molar-refractivity contribution in [2.45, 2.75) is 26.2 Å². The molecule has 7 nitrogen and oxygen atoms in total. The van der Waals surface area contributed by atoms with E-state index in [2.05, 4.69) is 15.6 Å². The average Bonchev–Trinajstić information content (AvgIpc) is 3.29. The smallest absolute Gasteiger partial charge is 0.232 e. The number of amides is 1. The van der Waals surface area contributed by atoms with Crippen molar-refractivity contribution in [3.8, 4) is 11.3 Å². The van der Waals surface area contributed by atoms with E-state index in [1.807, 2.05) is 26.1 Å². The first-order valence-corrected chi connectivity index (χ1v) is 9.57. The molecule has 4 rings (SSSR count). The molecule has 0 saturated carbocycles. The number of aryl methyl sites for hydroxylation is 2. The fourth-order valence-corrected chi connectivity index (χ4v) is 3.60. The molecule has 1 fully saturated rings. The maximum absolute atomic E-state index is 13.2. The van der Waals surface area contributed by atoms with Gasteiger partial charge in [-0.15, -0.1) is 0 Å². The fourth-order valence-electron chi connectivity index (χ4n) is 3.60. The molecular formula is C21H23FN4O3. The predicted molar refractivity (Wildman–Crippen MR) is 105 cm³/mol. The number of nitrogens with zero attached hydrogens (tertiary/aromatic N) is 3. The molecule has 152 valence electrons. The van der Waals surface area contributed by atoms with E-state index in [1.165, 1.54) is 12.1 Å². The zero-order valence-electron chi connectivity index (χ0n) is 16.4. The van der Waals surface area contributed by atoms with Crippen molar-refractivity contribution in [1.29, 1.82) is 0 Å². The summed E-state index contributed by atoms with van der Waals surface area (Å²) < 4.78 is 25.9. The summed E-state index contributed by atoms with van der Waals surface area (Å²) in [6.07, 6.45) is 1.57. The van der Waals surface area contributed by atoms with Crippen LogP contribution in [0, 0.1) is 18.2 Å². The fraction of sp³-hybridized carbons (Fsp3) is 0.381. The van der Waals surface area contributed by atoms with Gasteiger partial charge in [0.15, 0.2) is 5.82 Å². The molecule has 0 unspecified atom stereocenters. The zero-order valence-corrected chi connectivity index (χ0v) is 16.4. The molecule has 29 heavy (non-hydrogen) atoms. The zero-order chi connectivity index (χ0) is 20.4. The van der Waals surface area contributed by atoms with Gasteiger partial charge in [0.25, 0.3) is 0 Å². The van der Waals surface area contributed by atoms with Crippen molar-refractivity contribution in [2.24, 2.45) is 12.5 Å². The van der Waals surface area contributed by atoms with E-state index >= 15 is 0 Å². The number of nitrogens with one attached hydrogen (secondary N) is 1. The number of ether oxygens (including phenoxy) is 1. The lowest BCUT2D eigenvalue weighted by atomic mass is 9.75. The summed E-state index contributed by atoms with van der Waals surface area (Å²) in [5, 5.41) is 11.4. The molecule has 0 radical (unpaired) electrons. The Balaban J connectivity index is 1.55. The van der Waals surface area contributed by atoms with Gasteiger partial charge in [-0.25, -0.2) is 4.39 Å². The van der Waals surface area contributed by atoms with Gasteiger partial charge in [0.2, 0.25) is 5.91 Å². The van der Waals surface area contributed by atoms with Crippen LogP contribution in [0.5, 0.6) is 0 Å². The topological polar surface area (TPSA) is 82.2 Å². The van der Waals surface area contributed by atoms with Gasteiger partial charge in [0, 0.05) is 50.1 Å². The maximum atomic E-state index is 13.2. The van der Waals surface area contributed by atoms with E-state index in [4.69, 9.17) is 9.26 Å². The Morgan fingerprint density at radius 2 is 1.97 bits per heavy atom. The van der Waals surface area contributed by atoms with E-state index in [9.17, 15) is 9.18 Å². The van der Waals surface area contributed by atoms with E-state index in [0.717, 1.165) is 11.3 Å². The second-order valence-electron chi connectivity index (χ2n) is 7.50. The highest BCUT2D eigenvalue weighted by molar-refractivity contribution is 5.94.